The second kappa shape index (κ2) is 11.9. The molecule has 1 aromatic heterocycles. The second-order valence-corrected chi connectivity index (χ2v) is 12.5. The third-order valence-corrected chi connectivity index (χ3v) is 9.53. The molecule has 1 aliphatic heterocycles. The van der Waals surface area contributed by atoms with Crippen molar-refractivity contribution in [3.8, 4) is 22.4 Å². The molecule has 0 radical (unpaired) electrons. The SMILES string of the molecule is [NH2+]=C(/C=C1\NC(c2ccccc2)Nc2ccccc21)c1ccc(-c2cccc(-c3nc4ccccc4c4c3ccc3ccccc34)c2)cc1. The van der Waals surface area contributed by atoms with Gasteiger partial charge < -0.3 is 10.6 Å². The molecule has 4 nitrogen and oxygen atoms in total. The van der Waals surface area contributed by atoms with Crippen molar-refractivity contribution in [1.29, 1.82) is 0 Å². The molecule has 1 aliphatic rings. The van der Waals surface area contributed by atoms with Crippen molar-refractivity contribution in [2.75, 3.05) is 5.32 Å². The molecule has 0 saturated heterocycles. The Morgan fingerprint density at radius 2 is 1.31 bits per heavy atom. The minimum atomic E-state index is -0.0577. The van der Waals surface area contributed by atoms with Gasteiger partial charge in [0.15, 0.2) is 0 Å². The minimum Gasteiger partial charge on any atom is -0.361 e. The highest BCUT2D eigenvalue weighted by Crippen LogP contribution is 2.38. The summed E-state index contributed by atoms with van der Waals surface area (Å²) < 4.78 is 0. The van der Waals surface area contributed by atoms with Crippen LogP contribution < -0.4 is 16.0 Å². The maximum absolute atomic E-state index is 6.77. The lowest BCUT2D eigenvalue weighted by Crippen LogP contribution is -2.40. The van der Waals surface area contributed by atoms with E-state index in [-0.39, 0.29) is 6.17 Å². The van der Waals surface area contributed by atoms with Crippen LogP contribution in [0.15, 0.2) is 170 Å². The number of hydrogen-bond donors (Lipinski definition) is 3. The van der Waals surface area contributed by atoms with E-state index in [1.54, 1.807) is 0 Å². The monoisotopic (exact) mass is 629 g/mol. The predicted octanol–water partition coefficient (Wildman–Crippen LogP) is 9.18. The molecule has 8 aromatic rings. The molecule has 232 valence electrons. The average Bonchev–Trinajstić information content (AvgIpc) is 3.17. The molecule has 4 heteroatoms. The van der Waals surface area contributed by atoms with Crippen molar-refractivity contribution in [3.63, 3.8) is 0 Å². The van der Waals surface area contributed by atoms with Crippen LogP contribution in [0.3, 0.4) is 0 Å². The molecular weight excluding hydrogens is 597 g/mol. The number of anilines is 1. The van der Waals surface area contributed by atoms with Crippen molar-refractivity contribution < 1.29 is 5.41 Å². The number of aromatic nitrogens is 1. The summed E-state index contributed by atoms with van der Waals surface area (Å²) in [4.78, 5) is 5.21. The van der Waals surface area contributed by atoms with Gasteiger partial charge >= 0.3 is 0 Å². The van der Waals surface area contributed by atoms with Crippen LogP contribution in [0.25, 0.3) is 60.5 Å². The van der Waals surface area contributed by atoms with Crippen molar-refractivity contribution in [2.45, 2.75) is 6.17 Å². The molecule has 0 bridgehead atoms. The first-order valence-corrected chi connectivity index (χ1v) is 16.6. The van der Waals surface area contributed by atoms with Crippen LogP contribution in [0.4, 0.5) is 5.69 Å². The quantitative estimate of drug-likeness (QED) is 0.131. The van der Waals surface area contributed by atoms with Gasteiger partial charge in [0.1, 0.15) is 6.17 Å². The summed E-state index contributed by atoms with van der Waals surface area (Å²) in [7, 11) is 0. The van der Waals surface area contributed by atoms with Gasteiger partial charge in [-0.3, -0.25) is 5.41 Å². The topological polar surface area (TPSA) is 62.5 Å². The Morgan fingerprint density at radius 3 is 2.18 bits per heavy atom. The Hall–Kier alpha value is -6.52. The number of hydrogen-bond acceptors (Lipinski definition) is 3. The zero-order valence-corrected chi connectivity index (χ0v) is 26.8. The Morgan fingerprint density at radius 1 is 0.571 bits per heavy atom. The van der Waals surface area contributed by atoms with Crippen LogP contribution in [-0.2, 0) is 0 Å². The fourth-order valence-corrected chi connectivity index (χ4v) is 7.08. The van der Waals surface area contributed by atoms with Gasteiger partial charge in [-0.15, -0.1) is 0 Å². The van der Waals surface area contributed by atoms with Crippen LogP contribution in [-0.4, -0.2) is 10.7 Å². The van der Waals surface area contributed by atoms with E-state index >= 15 is 0 Å². The standard InChI is InChI=1S/C45H32N4/c46-39(28-42-36-17-6-8-19-40(36)48-45(49-42)32-12-2-1-3-13-32)31-23-21-29(22-24-31)33-14-10-15-34(27-33)44-38-26-25-30-11-4-5-16-35(30)43(38)37-18-7-9-20-41(37)47-44/h1-28,45-46,48-49H/p+1/b42-28-,46-39?. The molecule has 1 unspecified atom stereocenters. The number of allylic oxidation sites excluding steroid dienone is 1. The maximum atomic E-state index is 6.77. The Labute approximate surface area is 284 Å². The van der Waals surface area contributed by atoms with Crippen LogP contribution in [0.1, 0.15) is 22.9 Å². The predicted molar refractivity (Wildman–Crippen MR) is 204 cm³/mol. The van der Waals surface area contributed by atoms with Gasteiger partial charge in [0, 0.05) is 44.6 Å². The highest BCUT2D eigenvalue weighted by atomic mass is 15.2. The third-order valence-electron chi connectivity index (χ3n) is 9.53. The van der Waals surface area contributed by atoms with Crippen LogP contribution in [0.2, 0.25) is 0 Å². The number of para-hydroxylation sites is 2. The van der Waals surface area contributed by atoms with E-state index in [4.69, 9.17) is 10.4 Å². The van der Waals surface area contributed by atoms with Crippen molar-refractivity contribution in [2.24, 2.45) is 0 Å². The molecule has 7 aromatic carbocycles. The summed E-state index contributed by atoms with van der Waals surface area (Å²) in [6.07, 6.45) is 1.99. The van der Waals surface area contributed by atoms with Gasteiger partial charge in [0.25, 0.3) is 0 Å². The summed E-state index contributed by atoms with van der Waals surface area (Å²) in [5.41, 5.74) is 11.3. The molecule has 49 heavy (non-hydrogen) atoms. The van der Waals surface area contributed by atoms with Gasteiger partial charge in [-0.05, 0) is 57.8 Å². The lowest BCUT2D eigenvalue weighted by Gasteiger charge is -2.31. The van der Waals surface area contributed by atoms with Crippen molar-refractivity contribution in [1.82, 2.24) is 10.3 Å². The largest absolute Gasteiger partial charge is 0.361 e. The molecule has 0 saturated carbocycles. The second-order valence-electron chi connectivity index (χ2n) is 12.5. The number of nitrogens with two attached hydrogens (primary N) is 1. The Kier molecular flexibility index (Phi) is 6.98. The van der Waals surface area contributed by atoms with Gasteiger partial charge in [0.2, 0.25) is 5.71 Å². The fraction of sp³-hybridized carbons (Fsp3) is 0.0222. The maximum Gasteiger partial charge on any atom is 0.206 e. The molecule has 0 aliphatic carbocycles. The van der Waals surface area contributed by atoms with Gasteiger partial charge in [-0.25, -0.2) is 4.98 Å². The molecule has 1 atom stereocenters. The molecule has 2 heterocycles. The van der Waals surface area contributed by atoms with Crippen LogP contribution in [0.5, 0.6) is 0 Å². The molecule has 0 spiro atoms. The molecular formula is C45H33N4+. The first-order chi connectivity index (χ1) is 24.2. The van der Waals surface area contributed by atoms with E-state index < -0.39 is 0 Å². The number of nitrogens with zero attached hydrogens (tertiary/aromatic N) is 1. The molecule has 4 N–H and O–H groups in total. The lowest BCUT2D eigenvalue weighted by molar-refractivity contribution is -0.111. The normalized spacial score (nSPS) is 14.8. The number of benzene rings is 7. The summed E-state index contributed by atoms with van der Waals surface area (Å²) in [5.74, 6) is 0. The first kappa shape index (κ1) is 28.7. The molecule has 9 rings (SSSR count). The fourth-order valence-electron chi connectivity index (χ4n) is 7.08. The summed E-state index contributed by atoms with van der Waals surface area (Å²) in [6, 6.07) is 57.4. The van der Waals surface area contributed by atoms with Crippen LogP contribution in [0, 0.1) is 0 Å². The van der Waals surface area contributed by atoms with Crippen LogP contribution >= 0.6 is 0 Å². The number of pyridine rings is 1. The first-order valence-electron chi connectivity index (χ1n) is 16.6. The average molecular weight is 630 g/mol. The van der Waals surface area contributed by atoms with Gasteiger partial charge in [0.05, 0.1) is 16.9 Å². The zero-order chi connectivity index (χ0) is 32.7. The highest BCUT2D eigenvalue weighted by molar-refractivity contribution is 6.22. The van der Waals surface area contributed by atoms with E-state index in [1.807, 2.05) is 12.1 Å². The minimum absolute atomic E-state index is 0.0577. The number of fused-ring (bicyclic) bond motifs is 6. The molecule has 0 fully saturated rings. The summed E-state index contributed by atoms with van der Waals surface area (Å²) >= 11 is 0. The third kappa shape index (κ3) is 5.20. The Bertz CT molecular complexity index is 2550. The summed E-state index contributed by atoms with van der Waals surface area (Å²) in [5, 5.41) is 20.1. The van der Waals surface area contributed by atoms with E-state index in [9.17, 15) is 0 Å². The van der Waals surface area contributed by atoms with Crippen molar-refractivity contribution in [3.05, 3.63) is 187 Å². The Balaban J connectivity index is 1.05. The highest BCUT2D eigenvalue weighted by Gasteiger charge is 2.23. The number of rotatable bonds is 5. The van der Waals surface area contributed by atoms with Crippen molar-refractivity contribution >= 4 is 49.5 Å². The zero-order valence-electron chi connectivity index (χ0n) is 26.8. The van der Waals surface area contributed by atoms with E-state index in [0.717, 1.165) is 61.4 Å². The smallest absolute Gasteiger partial charge is 0.206 e. The van der Waals surface area contributed by atoms with E-state index in [1.165, 1.54) is 21.5 Å². The summed E-state index contributed by atoms with van der Waals surface area (Å²) in [6.45, 7) is 0. The lowest BCUT2D eigenvalue weighted by atomic mass is 9.94. The molecule has 0 amide bonds. The number of nitrogens with one attached hydrogen (secondary N) is 2. The van der Waals surface area contributed by atoms with E-state index in [2.05, 4.69) is 168 Å². The van der Waals surface area contributed by atoms with Gasteiger partial charge in [-0.1, -0.05) is 133 Å². The van der Waals surface area contributed by atoms with E-state index in [0.29, 0.717) is 5.71 Å². The van der Waals surface area contributed by atoms with Gasteiger partial charge in [-0.2, -0.15) is 0 Å².